The molecule has 140 valence electrons. The summed E-state index contributed by atoms with van der Waals surface area (Å²) >= 11 is 3.15. The predicted octanol–water partition coefficient (Wildman–Crippen LogP) is 3.77. The van der Waals surface area contributed by atoms with E-state index in [0.717, 1.165) is 34.7 Å². The third kappa shape index (κ3) is 2.34. The fraction of sp³-hybridized carbons (Fsp3) is 0.222. The number of carbonyl (C=O) groups excluding carboxylic acids is 1. The van der Waals surface area contributed by atoms with Crippen molar-refractivity contribution >= 4 is 54.3 Å². The van der Waals surface area contributed by atoms with E-state index in [-0.39, 0.29) is 11.8 Å². The minimum atomic E-state index is 0.0538. The number of nitrogens with zero attached hydrogens (tertiary/aromatic N) is 5. The van der Waals surface area contributed by atoms with E-state index in [4.69, 9.17) is 0 Å². The second-order valence-electron chi connectivity index (χ2n) is 6.92. The lowest BCUT2D eigenvalue weighted by atomic mass is 10.3. The van der Waals surface area contributed by atoms with Gasteiger partial charge in [0.15, 0.2) is 16.6 Å². The van der Waals surface area contributed by atoms with E-state index in [1.807, 2.05) is 10.8 Å². The molecular weight excluding hydrogens is 394 g/mol. The second kappa shape index (κ2) is 5.76. The standard InChI is InChI=1S/C18H15N7OS2/c1-24-10-4-5-27-13(10)6-11(24)12-7-19-8-25(12)16-14-15(22-23-16)20-18(28-14)21-17(26)9-2-3-9/h4-9H,2-3H2,1H3,(H2,20,21,22,23,26). The summed E-state index contributed by atoms with van der Waals surface area (Å²) in [5.74, 6) is 0.931. The SMILES string of the molecule is Cn1c(-c2cncn2-c2n[nH]c3nc(NC(=O)C4CC4)sc23)cc2sccc21. The Hall–Kier alpha value is -2.98. The van der Waals surface area contributed by atoms with Crippen molar-refractivity contribution < 1.29 is 4.79 Å². The van der Waals surface area contributed by atoms with Crippen molar-refractivity contribution in [2.45, 2.75) is 12.8 Å². The number of H-pyrrole nitrogens is 1. The van der Waals surface area contributed by atoms with Gasteiger partial charge in [0.25, 0.3) is 0 Å². The number of thiophene rings is 1. The first-order valence-electron chi connectivity index (χ1n) is 8.91. The van der Waals surface area contributed by atoms with Gasteiger partial charge in [-0.05, 0) is 30.4 Å². The van der Waals surface area contributed by atoms with Crippen molar-refractivity contribution in [1.29, 1.82) is 0 Å². The van der Waals surface area contributed by atoms with Gasteiger partial charge in [-0.1, -0.05) is 11.3 Å². The molecule has 5 aromatic rings. The summed E-state index contributed by atoms with van der Waals surface area (Å²) < 4.78 is 6.25. The highest BCUT2D eigenvalue weighted by Crippen LogP contribution is 2.36. The molecule has 0 spiro atoms. The van der Waals surface area contributed by atoms with E-state index < -0.39 is 0 Å². The molecule has 5 heterocycles. The first kappa shape index (κ1) is 16.0. The highest BCUT2D eigenvalue weighted by molar-refractivity contribution is 7.22. The fourth-order valence-electron chi connectivity index (χ4n) is 3.42. The molecule has 0 aliphatic heterocycles. The Bertz CT molecular complexity index is 1350. The van der Waals surface area contributed by atoms with Gasteiger partial charge in [0.1, 0.15) is 11.0 Å². The highest BCUT2D eigenvalue weighted by Gasteiger charge is 2.30. The number of carbonyl (C=O) groups is 1. The number of nitrogens with one attached hydrogen (secondary N) is 2. The van der Waals surface area contributed by atoms with Crippen LogP contribution in [0.5, 0.6) is 0 Å². The molecule has 1 saturated carbocycles. The Morgan fingerprint density at radius 2 is 2.25 bits per heavy atom. The van der Waals surface area contributed by atoms with E-state index in [2.05, 4.69) is 54.6 Å². The van der Waals surface area contributed by atoms with Crippen LogP contribution in [0.2, 0.25) is 0 Å². The molecule has 6 rings (SSSR count). The van der Waals surface area contributed by atoms with Crippen molar-refractivity contribution in [1.82, 2.24) is 29.3 Å². The zero-order valence-electron chi connectivity index (χ0n) is 14.8. The van der Waals surface area contributed by atoms with Crippen LogP contribution in [0, 0.1) is 5.92 Å². The predicted molar refractivity (Wildman–Crippen MR) is 110 cm³/mol. The normalized spacial score (nSPS) is 14.3. The van der Waals surface area contributed by atoms with Crippen molar-refractivity contribution in [3.63, 3.8) is 0 Å². The maximum atomic E-state index is 12.0. The van der Waals surface area contributed by atoms with Gasteiger partial charge in [-0.2, -0.15) is 5.10 Å². The lowest BCUT2D eigenvalue weighted by Gasteiger charge is -2.06. The molecule has 1 aliphatic carbocycles. The number of thiazole rings is 1. The number of aromatic amines is 1. The molecule has 0 bridgehead atoms. The summed E-state index contributed by atoms with van der Waals surface area (Å²) in [6.45, 7) is 0. The summed E-state index contributed by atoms with van der Waals surface area (Å²) in [5, 5.41) is 13.0. The average molecular weight is 410 g/mol. The van der Waals surface area contributed by atoms with Crippen LogP contribution in [0.3, 0.4) is 0 Å². The van der Waals surface area contributed by atoms with Gasteiger partial charge in [-0.3, -0.25) is 14.5 Å². The molecule has 1 aliphatic rings. The zero-order chi connectivity index (χ0) is 18.8. The van der Waals surface area contributed by atoms with E-state index >= 15 is 0 Å². The van der Waals surface area contributed by atoms with Gasteiger partial charge in [0, 0.05) is 13.0 Å². The van der Waals surface area contributed by atoms with Crippen molar-refractivity contribution in [2.75, 3.05) is 5.32 Å². The number of rotatable bonds is 4. The summed E-state index contributed by atoms with van der Waals surface area (Å²) in [5.41, 5.74) is 3.89. The smallest absolute Gasteiger partial charge is 0.229 e. The van der Waals surface area contributed by atoms with Crippen molar-refractivity contribution in [3.05, 3.63) is 30.0 Å². The topological polar surface area (TPSA) is 93.4 Å². The Kier molecular flexibility index (Phi) is 3.29. The summed E-state index contributed by atoms with van der Waals surface area (Å²) in [6, 6.07) is 4.29. The van der Waals surface area contributed by atoms with E-state index in [0.29, 0.717) is 10.8 Å². The Balaban J connectivity index is 1.43. The number of anilines is 1. The van der Waals surface area contributed by atoms with Gasteiger partial charge in [0.2, 0.25) is 5.91 Å². The lowest BCUT2D eigenvalue weighted by molar-refractivity contribution is -0.117. The maximum Gasteiger partial charge on any atom is 0.229 e. The van der Waals surface area contributed by atoms with Gasteiger partial charge in [-0.25, -0.2) is 9.97 Å². The minimum Gasteiger partial charge on any atom is -0.342 e. The molecule has 10 heteroatoms. The molecule has 0 radical (unpaired) electrons. The zero-order valence-corrected chi connectivity index (χ0v) is 16.5. The maximum absolute atomic E-state index is 12.0. The molecule has 28 heavy (non-hydrogen) atoms. The van der Waals surface area contributed by atoms with Crippen LogP contribution in [-0.2, 0) is 11.8 Å². The van der Waals surface area contributed by atoms with Gasteiger partial charge >= 0.3 is 0 Å². The van der Waals surface area contributed by atoms with Crippen LogP contribution < -0.4 is 5.32 Å². The molecule has 5 aromatic heterocycles. The summed E-state index contributed by atoms with van der Waals surface area (Å²) in [7, 11) is 2.06. The number of aromatic nitrogens is 6. The van der Waals surface area contributed by atoms with E-state index in [1.54, 1.807) is 17.7 Å². The molecule has 1 amide bonds. The number of imidazole rings is 1. The number of amides is 1. The number of hydrogen-bond acceptors (Lipinski definition) is 6. The first-order valence-corrected chi connectivity index (χ1v) is 10.6. The minimum absolute atomic E-state index is 0.0538. The number of hydrogen-bond donors (Lipinski definition) is 2. The number of aryl methyl sites for hydroxylation is 1. The Morgan fingerprint density at radius 1 is 1.36 bits per heavy atom. The molecule has 8 nitrogen and oxygen atoms in total. The summed E-state index contributed by atoms with van der Waals surface area (Å²) in [6.07, 6.45) is 5.53. The molecule has 0 atom stereocenters. The van der Waals surface area contributed by atoms with E-state index in [9.17, 15) is 4.79 Å². The third-order valence-corrected chi connectivity index (χ3v) is 6.89. The van der Waals surface area contributed by atoms with Crippen molar-refractivity contribution in [3.8, 4) is 17.2 Å². The molecule has 0 unspecified atom stereocenters. The highest BCUT2D eigenvalue weighted by atomic mass is 32.1. The largest absolute Gasteiger partial charge is 0.342 e. The average Bonchev–Trinajstić information content (AvgIpc) is 3.07. The van der Waals surface area contributed by atoms with Crippen LogP contribution in [-0.4, -0.2) is 35.2 Å². The lowest BCUT2D eigenvalue weighted by Crippen LogP contribution is -2.12. The van der Waals surface area contributed by atoms with Crippen LogP contribution in [0.15, 0.2) is 30.0 Å². The second-order valence-corrected chi connectivity index (χ2v) is 8.86. The molecule has 2 N–H and O–H groups in total. The van der Waals surface area contributed by atoms with E-state index in [1.165, 1.54) is 21.6 Å². The quantitative estimate of drug-likeness (QED) is 0.472. The molecule has 1 fully saturated rings. The molecular formula is C18H15N7OS2. The summed E-state index contributed by atoms with van der Waals surface area (Å²) in [4.78, 5) is 20.9. The molecule has 0 saturated heterocycles. The Labute approximate surface area is 166 Å². The fourth-order valence-corrected chi connectivity index (χ4v) is 5.18. The Morgan fingerprint density at radius 3 is 3.07 bits per heavy atom. The third-order valence-electron chi connectivity index (χ3n) is 5.07. The van der Waals surface area contributed by atoms with Gasteiger partial charge < -0.3 is 9.88 Å². The van der Waals surface area contributed by atoms with Crippen LogP contribution in [0.1, 0.15) is 12.8 Å². The number of fused-ring (bicyclic) bond motifs is 2. The van der Waals surface area contributed by atoms with Crippen molar-refractivity contribution in [2.24, 2.45) is 13.0 Å². The van der Waals surface area contributed by atoms with Crippen LogP contribution >= 0.6 is 22.7 Å². The first-order chi connectivity index (χ1) is 13.7. The van der Waals surface area contributed by atoms with Gasteiger partial charge in [0.05, 0.1) is 27.8 Å². The van der Waals surface area contributed by atoms with Gasteiger partial charge in [-0.15, -0.1) is 11.3 Å². The molecule has 0 aromatic carbocycles. The van der Waals surface area contributed by atoms with Crippen LogP contribution in [0.4, 0.5) is 5.13 Å². The van der Waals surface area contributed by atoms with Crippen LogP contribution in [0.25, 0.3) is 37.8 Å². The monoisotopic (exact) mass is 409 g/mol.